The molecule has 19 heavy (non-hydrogen) atoms. The average Bonchev–Trinajstić information content (AvgIpc) is 2.56. The van der Waals surface area contributed by atoms with Gasteiger partial charge in [0.2, 0.25) is 0 Å². The number of methoxy groups -OCH3 is 1. The summed E-state index contributed by atoms with van der Waals surface area (Å²) in [5.41, 5.74) is 0.287. The molecule has 1 heterocycles. The molecule has 0 spiro atoms. The third kappa shape index (κ3) is 2.94. The molecule has 0 N–H and O–H groups in total. The van der Waals surface area contributed by atoms with Gasteiger partial charge in [0.15, 0.2) is 6.79 Å². The predicted octanol–water partition coefficient (Wildman–Crippen LogP) is 1.97. The lowest BCUT2D eigenvalue weighted by Gasteiger charge is -2.32. The van der Waals surface area contributed by atoms with Crippen LogP contribution in [0.15, 0.2) is 24.3 Å². The van der Waals surface area contributed by atoms with Gasteiger partial charge >= 0.3 is 7.12 Å². The van der Waals surface area contributed by atoms with Crippen LogP contribution in [0.1, 0.15) is 27.7 Å². The monoisotopic (exact) mass is 264 g/mol. The fourth-order valence-electron chi connectivity index (χ4n) is 1.86. The Balaban J connectivity index is 2.15. The molecular formula is C14H21BO4. The summed E-state index contributed by atoms with van der Waals surface area (Å²) in [6.07, 6.45) is 0. The summed E-state index contributed by atoms with van der Waals surface area (Å²) < 4.78 is 22.3. The zero-order valence-electron chi connectivity index (χ0n) is 12.2. The highest BCUT2D eigenvalue weighted by Crippen LogP contribution is 2.36. The van der Waals surface area contributed by atoms with Crippen LogP contribution in [0.4, 0.5) is 0 Å². The minimum absolute atomic E-state index is 0.229. The van der Waals surface area contributed by atoms with Gasteiger partial charge in [-0.15, -0.1) is 0 Å². The zero-order chi connectivity index (χ0) is 14.1. The summed E-state index contributed by atoms with van der Waals surface area (Å²) in [6, 6.07) is 7.70. The lowest BCUT2D eigenvalue weighted by Crippen LogP contribution is -2.41. The summed E-state index contributed by atoms with van der Waals surface area (Å²) in [4.78, 5) is 0. The highest BCUT2D eigenvalue weighted by atomic mass is 16.7. The van der Waals surface area contributed by atoms with E-state index < -0.39 is 0 Å². The Morgan fingerprint density at radius 2 is 1.74 bits per heavy atom. The van der Waals surface area contributed by atoms with E-state index in [-0.39, 0.29) is 25.1 Å². The van der Waals surface area contributed by atoms with E-state index in [0.29, 0.717) is 0 Å². The molecule has 1 saturated heterocycles. The topological polar surface area (TPSA) is 36.9 Å². The predicted molar refractivity (Wildman–Crippen MR) is 74.7 cm³/mol. The summed E-state index contributed by atoms with van der Waals surface area (Å²) in [7, 11) is 1.23. The van der Waals surface area contributed by atoms with E-state index in [1.807, 2.05) is 52.0 Å². The molecule has 0 aliphatic carbocycles. The second-order valence-corrected chi connectivity index (χ2v) is 5.71. The van der Waals surface area contributed by atoms with Crippen molar-refractivity contribution < 1.29 is 18.8 Å². The van der Waals surface area contributed by atoms with E-state index in [9.17, 15) is 0 Å². The van der Waals surface area contributed by atoms with E-state index >= 15 is 0 Å². The Morgan fingerprint density at radius 1 is 1.11 bits per heavy atom. The van der Waals surface area contributed by atoms with Crippen molar-refractivity contribution in [2.24, 2.45) is 0 Å². The SMILES string of the molecule is COCOc1cccc(B2OC(C)(C)C(C)(C)O2)c1. The molecule has 4 nitrogen and oxygen atoms in total. The van der Waals surface area contributed by atoms with Gasteiger partial charge in [-0.25, -0.2) is 0 Å². The maximum atomic E-state index is 6.00. The molecule has 0 saturated carbocycles. The van der Waals surface area contributed by atoms with E-state index in [4.69, 9.17) is 18.8 Å². The van der Waals surface area contributed by atoms with Crippen molar-refractivity contribution in [3.8, 4) is 5.75 Å². The second-order valence-electron chi connectivity index (χ2n) is 5.71. The van der Waals surface area contributed by atoms with Crippen LogP contribution in [0.3, 0.4) is 0 Å². The molecule has 0 bridgehead atoms. The molecule has 0 amide bonds. The maximum absolute atomic E-state index is 6.00. The Labute approximate surface area is 115 Å². The quantitative estimate of drug-likeness (QED) is 0.615. The van der Waals surface area contributed by atoms with Crippen LogP contribution in [0.2, 0.25) is 0 Å². The third-order valence-electron chi connectivity index (χ3n) is 3.73. The molecule has 0 unspecified atom stereocenters. The molecule has 1 fully saturated rings. The molecule has 1 aliphatic rings. The van der Waals surface area contributed by atoms with Gasteiger partial charge in [0.1, 0.15) is 5.75 Å². The first-order valence-corrected chi connectivity index (χ1v) is 6.43. The van der Waals surface area contributed by atoms with Crippen molar-refractivity contribution in [3.05, 3.63) is 24.3 Å². The van der Waals surface area contributed by atoms with Crippen LogP contribution >= 0.6 is 0 Å². The highest BCUT2D eigenvalue weighted by Gasteiger charge is 2.51. The summed E-state index contributed by atoms with van der Waals surface area (Å²) in [5.74, 6) is 0.745. The molecule has 5 heteroatoms. The van der Waals surface area contributed by atoms with Gasteiger partial charge in [-0.3, -0.25) is 0 Å². The molecule has 2 rings (SSSR count). The smallest absolute Gasteiger partial charge is 0.468 e. The number of ether oxygens (including phenoxy) is 2. The van der Waals surface area contributed by atoms with Crippen molar-refractivity contribution >= 4 is 12.6 Å². The molecule has 1 aromatic rings. The van der Waals surface area contributed by atoms with Crippen LogP contribution in [-0.4, -0.2) is 32.2 Å². The van der Waals surface area contributed by atoms with Crippen molar-refractivity contribution in [2.45, 2.75) is 38.9 Å². The Hall–Kier alpha value is -1.04. The summed E-state index contributed by atoms with van der Waals surface area (Å²) in [6.45, 7) is 8.39. The standard InChI is InChI=1S/C14H21BO4/c1-13(2)14(3,4)19-15(18-13)11-7-6-8-12(9-11)17-10-16-5/h6-9H,10H2,1-5H3. The number of hydrogen-bond acceptors (Lipinski definition) is 4. The molecule has 0 radical (unpaired) electrons. The first kappa shape index (κ1) is 14.4. The maximum Gasteiger partial charge on any atom is 0.494 e. The molecular weight excluding hydrogens is 243 g/mol. The highest BCUT2D eigenvalue weighted by molar-refractivity contribution is 6.62. The molecule has 0 atom stereocenters. The van der Waals surface area contributed by atoms with Gasteiger partial charge in [-0.05, 0) is 45.3 Å². The minimum atomic E-state index is -0.365. The average molecular weight is 264 g/mol. The number of hydrogen-bond donors (Lipinski definition) is 0. The van der Waals surface area contributed by atoms with Gasteiger partial charge in [0.05, 0.1) is 11.2 Å². The lowest BCUT2D eigenvalue weighted by atomic mass is 9.79. The normalized spacial score (nSPS) is 20.6. The van der Waals surface area contributed by atoms with E-state index in [1.165, 1.54) is 0 Å². The Bertz CT molecular complexity index is 429. The van der Waals surface area contributed by atoms with Gasteiger partial charge in [0, 0.05) is 7.11 Å². The van der Waals surface area contributed by atoms with Crippen LogP contribution in [0.25, 0.3) is 0 Å². The van der Waals surface area contributed by atoms with Crippen LogP contribution < -0.4 is 10.2 Å². The summed E-state index contributed by atoms with van der Waals surface area (Å²) in [5, 5.41) is 0. The minimum Gasteiger partial charge on any atom is -0.468 e. The second kappa shape index (κ2) is 5.15. The molecule has 1 aromatic carbocycles. The van der Waals surface area contributed by atoms with Gasteiger partial charge in [-0.1, -0.05) is 12.1 Å². The Kier molecular flexibility index (Phi) is 3.90. The first-order chi connectivity index (χ1) is 8.86. The van der Waals surface area contributed by atoms with Crippen LogP contribution in [-0.2, 0) is 14.0 Å². The number of benzene rings is 1. The molecule has 104 valence electrons. The zero-order valence-corrected chi connectivity index (χ0v) is 12.2. The lowest BCUT2D eigenvalue weighted by molar-refractivity contribution is 0.00578. The van der Waals surface area contributed by atoms with Crippen molar-refractivity contribution in [1.29, 1.82) is 0 Å². The van der Waals surface area contributed by atoms with Crippen molar-refractivity contribution in [1.82, 2.24) is 0 Å². The van der Waals surface area contributed by atoms with Crippen molar-refractivity contribution in [3.63, 3.8) is 0 Å². The van der Waals surface area contributed by atoms with Crippen LogP contribution in [0, 0.1) is 0 Å². The fourth-order valence-corrected chi connectivity index (χ4v) is 1.86. The van der Waals surface area contributed by atoms with Gasteiger partial charge in [0.25, 0.3) is 0 Å². The van der Waals surface area contributed by atoms with E-state index in [2.05, 4.69) is 0 Å². The van der Waals surface area contributed by atoms with Gasteiger partial charge in [-0.2, -0.15) is 0 Å². The fraction of sp³-hybridized carbons (Fsp3) is 0.571. The summed E-state index contributed by atoms with van der Waals surface area (Å²) >= 11 is 0. The van der Waals surface area contributed by atoms with Crippen LogP contribution in [0.5, 0.6) is 5.75 Å². The molecule has 0 aromatic heterocycles. The largest absolute Gasteiger partial charge is 0.494 e. The number of rotatable bonds is 4. The first-order valence-electron chi connectivity index (χ1n) is 6.43. The molecule has 1 aliphatic heterocycles. The van der Waals surface area contributed by atoms with Gasteiger partial charge < -0.3 is 18.8 Å². The third-order valence-corrected chi connectivity index (χ3v) is 3.73. The van der Waals surface area contributed by atoms with E-state index in [0.717, 1.165) is 11.2 Å². The Morgan fingerprint density at radius 3 is 2.32 bits per heavy atom. The van der Waals surface area contributed by atoms with E-state index in [1.54, 1.807) is 7.11 Å². The van der Waals surface area contributed by atoms with Crippen molar-refractivity contribution in [2.75, 3.05) is 13.9 Å².